The number of hydrogen-bond acceptors (Lipinski definition) is 4. The molecule has 5 nitrogen and oxygen atoms in total. The molecule has 3 N–H and O–H groups in total. The Morgan fingerprint density at radius 2 is 2.22 bits per heavy atom. The maximum absolute atomic E-state index is 10.6. The molecule has 0 saturated carbocycles. The normalized spacial score (nSPS) is 14.3. The number of pyridine rings is 1. The fraction of sp³-hybridized carbons (Fsp3) is 0.412. The highest BCUT2D eigenvalue weighted by molar-refractivity contribution is 7.08. The Hall–Kier alpha value is -1.92. The number of guanidine groups is 1. The molecular formula is C17H24N4OS. The van der Waals surface area contributed by atoms with E-state index in [1.54, 1.807) is 24.5 Å². The van der Waals surface area contributed by atoms with E-state index in [-0.39, 0.29) is 0 Å². The summed E-state index contributed by atoms with van der Waals surface area (Å²) in [7, 11) is 0. The zero-order chi connectivity index (χ0) is 16.7. The van der Waals surface area contributed by atoms with Gasteiger partial charge < -0.3 is 15.7 Å². The fourth-order valence-corrected chi connectivity index (χ4v) is 2.89. The largest absolute Gasteiger partial charge is 0.384 e. The van der Waals surface area contributed by atoms with E-state index in [0.717, 1.165) is 23.4 Å². The van der Waals surface area contributed by atoms with Crippen LogP contribution in [0, 0.1) is 6.92 Å². The van der Waals surface area contributed by atoms with Gasteiger partial charge in [0.25, 0.3) is 0 Å². The van der Waals surface area contributed by atoms with Gasteiger partial charge in [0, 0.05) is 12.7 Å². The Morgan fingerprint density at radius 3 is 2.87 bits per heavy atom. The summed E-state index contributed by atoms with van der Waals surface area (Å²) in [6.07, 6.45) is 1.78. The van der Waals surface area contributed by atoms with E-state index in [2.05, 4.69) is 20.6 Å². The highest BCUT2D eigenvalue weighted by atomic mass is 32.1. The van der Waals surface area contributed by atoms with E-state index in [0.29, 0.717) is 19.0 Å². The van der Waals surface area contributed by atoms with Crippen LogP contribution in [0.1, 0.15) is 30.7 Å². The first kappa shape index (κ1) is 17.4. The van der Waals surface area contributed by atoms with Crippen molar-refractivity contribution in [2.45, 2.75) is 32.9 Å². The summed E-state index contributed by atoms with van der Waals surface area (Å²) in [4.78, 5) is 8.90. The monoisotopic (exact) mass is 332 g/mol. The lowest BCUT2D eigenvalue weighted by molar-refractivity contribution is 0.0621. The average molecular weight is 332 g/mol. The predicted octanol–water partition coefficient (Wildman–Crippen LogP) is 2.41. The Labute approximate surface area is 141 Å². The number of hydrogen-bond donors (Lipinski definition) is 3. The van der Waals surface area contributed by atoms with Crippen LogP contribution in [-0.4, -0.2) is 29.1 Å². The highest BCUT2D eigenvalue weighted by Gasteiger charge is 2.23. The molecule has 124 valence electrons. The minimum absolute atomic E-state index is 0.386. The van der Waals surface area contributed by atoms with Crippen molar-refractivity contribution in [1.82, 2.24) is 15.6 Å². The smallest absolute Gasteiger partial charge is 0.191 e. The van der Waals surface area contributed by atoms with Crippen LogP contribution in [0.3, 0.4) is 0 Å². The van der Waals surface area contributed by atoms with Gasteiger partial charge >= 0.3 is 0 Å². The average Bonchev–Trinajstić information content (AvgIpc) is 3.07. The van der Waals surface area contributed by atoms with Gasteiger partial charge in [0.05, 0.1) is 18.8 Å². The second-order valence-corrected chi connectivity index (χ2v) is 6.38. The van der Waals surface area contributed by atoms with Crippen molar-refractivity contribution in [2.24, 2.45) is 4.99 Å². The highest BCUT2D eigenvalue weighted by Crippen LogP contribution is 2.21. The molecule has 0 spiro atoms. The van der Waals surface area contributed by atoms with Crippen molar-refractivity contribution < 1.29 is 5.11 Å². The molecule has 0 bridgehead atoms. The second kappa shape index (κ2) is 8.08. The number of aromatic nitrogens is 1. The number of aliphatic imine (C=N–C) groups is 1. The van der Waals surface area contributed by atoms with Gasteiger partial charge in [-0.05, 0) is 54.8 Å². The quantitative estimate of drug-likeness (QED) is 0.561. The van der Waals surface area contributed by atoms with Gasteiger partial charge in [-0.3, -0.25) is 4.98 Å². The van der Waals surface area contributed by atoms with E-state index >= 15 is 0 Å². The first-order valence-corrected chi connectivity index (χ1v) is 8.65. The van der Waals surface area contributed by atoms with Crippen molar-refractivity contribution in [2.75, 3.05) is 13.1 Å². The summed E-state index contributed by atoms with van der Waals surface area (Å²) >= 11 is 1.58. The Balaban J connectivity index is 2.01. The Morgan fingerprint density at radius 1 is 1.39 bits per heavy atom. The molecule has 1 atom stereocenters. The van der Waals surface area contributed by atoms with Gasteiger partial charge in [-0.1, -0.05) is 6.07 Å². The summed E-state index contributed by atoms with van der Waals surface area (Å²) in [5, 5.41) is 20.9. The summed E-state index contributed by atoms with van der Waals surface area (Å²) < 4.78 is 0. The molecule has 2 heterocycles. The van der Waals surface area contributed by atoms with E-state index in [1.165, 1.54) is 0 Å². The van der Waals surface area contributed by atoms with Crippen LogP contribution in [0.15, 0.2) is 40.1 Å². The first-order chi connectivity index (χ1) is 11.0. The van der Waals surface area contributed by atoms with E-state index in [4.69, 9.17) is 0 Å². The molecule has 0 saturated heterocycles. The van der Waals surface area contributed by atoms with Crippen LogP contribution < -0.4 is 10.6 Å². The molecule has 0 amide bonds. The van der Waals surface area contributed by atoms with E-state index in [1.807, 2.05) is 42.8 Å². The summed E-state index contributed by atoms with van der Waals surface area (Å²) in [6, 6.07) is 5.89. The molecule has 2 aromatic rings. The zero-order valence-corrected chi connectivity index (χ0v) is 14.7. The van der Waals surface area contributed by atoms with Crippen LogP contribution in [0.25, 0.3) is 0 Å². The van der Waals surface area contributed by atoms with Gasteiger partial charge in [-0.25, -0.2) is 4.99 Å². The lowest BCUT2D eigenvalue weighted by atomic mass is 9.99. The third-order valence-electron chi connectivity index (χ3n) is 3.59. The standard InChI is InChI=1S/C17H24N4OS/c1-4-18-16(20-10-15-13(2)6-5-8-19-15)21-12-17(3,22)14-7-9-23-11-14/h5-9,11,22H,4,10,12H2,1-3H3,(H2,18,20,21). The molecule has 23 heavy (non-hydrogen) atoms. The molecule has 1 unspecified atom stereocenters. The number of thiophene rings is 1. The molecule has 2 aromatic heterocycles. The number of aryl methyl sites for hydroxylation is 1. The predicted molar refractivity (Wildman–Crippen MR) is 95.7 cm³/mol. The van der Waals surface area contributed by atoms with Gasteiger partial charge in [0.1, 0.15) is 5.60 Å². The van der Waals surface area contributed by atoms with Crippen LogP contribution in [0.5, 0.6) is 0 Å². The molecule has 0 radical (unpaired) electrons. The molecule has 0 aliphatic heterocycles. The maximum Gasteiger partial charge on any atom is 0.191 e. The first-order valence-electron chi connectivity index (χ1n) is 7.70. The van der Waals surface area contributed by atoms with Crippen molar-refractivity contribution in [3.63, 3.8) is 0 Å². The fourth-order valence-electron chi connectivity index (χ4n) is 2.11. The Bertz CT molecular complexity index is 638. The van der Waals surface area contributed by atoms with Crippen LogP contribution >= 0.6 is 11.3 Å². The third kappa shape index (κ3) is 5.04. The van der Waals surface area contributed by atoms with E-state index in [9.17, 15) is 5.11 Å². The molecule has 6 heteroatoms. The summed E-state index contributed by atoms with van der Waals surface area (Å²) in [5.41, 5.74) is 2.05. The maximum atomic E-state index is 10.6. The Kier molecular flexibility index (Phi) is 6.12. The van der Waals surface area contributed by atoms with Crippen LogP contribution in [-0.2, 0) is 12.1 Å². The molecule has 0 fully saturated rings. The summed E-state index contributed by atoms with van der Waals surface area (Å²) in [6.45, 7) is 7.49. The van der Waals surface area contributed by atoms with Crippen molar-refractivity contribution in [1.29, 1.82) is 0 Å². The summed E-state index contributed by atoms with van der Waals surface area (Å²) in [5.74, 6) is 0.674. The number of nitrogens with zero attached hydrogens (tertiary/aromatic N) is 2. The number of rotatable bonds is 6. The van der Waals surface area contributed by atoms with Gasteiger partial charge in [-0.2, -0.15) is 11.3 Å². The lowest BCUT2D eigenvalue weighted by Gasteiger charge is -2.24. The number of nitrogens with one attached hydrogen (secondary N) is 2. The molecule has 0 aliphatic carbocycles. The molecule has 0 aliphatic rings. The van der Waals surface area contributed by atoms with Gasteiger partial charge in [0.15, 0.2) is 5.96 Å². The molecular weight excluding hydrogens is 308 g/mol. The zero-order valence-electron chi connectivity index (χ0n) is 13.8. The molecule has 2 rings (SSSR count). The minimum atomic E-state index is -0.933. The third-order valence-corrected chi connectivity index (χ3v) is 4.28. The topological polar surface area (TPSA) is 69.5 Å². The SMILES string of the molecule is CCNC(=NCc1ncccc1C)NCC(C)(O)c1ccsc1. The second-order valence-electron chi connectivity index (χ2n) is 5.60. The van der Waals surface area contributed by atoms with Crippen molar-refractivity contribution in [3.8, 4) is 0 Å². The van der Waals surface area contributed by atoms with Gasteiger partial charge in [0.2, 0.25) is 0 Å². The number of aliphatic hydroxyl groups is 1. The van der Waals surface area contributed by atoms with Crippen LogP contribution in [0.2, 0.25) is 0 Å². The lowest BCUT2D eigenvalue weighted by Crippen LogP contribution is -2.44. The van der Waals surface area contributed by atoms with Gasteiger partial charge in [-0.15, -0.1) is 0 Å². The van der Waals surface area contributed by atoms with Crippen molar-refractivity contribution in [3.05, 3.63) is 52.0 Å². The molecule has 0 aromatic carbocycles. The van der Waals surface area contributed by atoms with Crippen LogP contribution in [0.4, 0.5) is 0 Å². The minimum Gasteiger partial charge on any atom is -0.384 e. The van der Waals surface area contributed by atoms with E-state index < -0.39 is 5.60 Å². The van der Waals surface area contributed by atoms with Crippen molar-refractivity contribution >= 4 is 17.3 Å².